The van der Waals surface area contributed by atoms with Crippen LogP contribution >= 0.6 is 0 Å². The first-order chi connectivity index (χ1) is 10.9. The van der Waals surface area contributed by atoms with Crippen molar-refractivity contribution in [2.45, 2.75) is 18.7 Å². The number of benzene rings is 2. The number of fused-ring (bicyclic) bond motifs is 1. The zero-order valence-corrected chi connectivity index (χ0v) is 13.7. The van der Waals surface area contributed by atoms with Gasteiger partial charge in [-0.1, -0.05) is 29.8 Å². The van der Waals surface area contributed by atoms with Crippen LogP contribution in [0.4, 0.5) is 0 Å². The molecular weight excluding hydrogens is 310 g/mol. The molecule has 3 aromatic rings. The summed E-state index contributed by atoms with van der Waals surface area (Å²) in [5.74, 6) is 0.0819. The van der Waals surface area contributed by atoms with E-state index in [1.54, 1.807) is 48.5 Å². The van der Waals surface area contributed by atoms with Gasteiger partial charge >= 0.3 is 0 Å². The van der Waals surface area contributed by atoms with Gasteiger partial charge in [-0.25, -0.2) is 12.4 Å². The van der Waals surface area contributed by atoms with Crippen LogP contribution in [0.2, 0.25) is 0 Å². The van der Waals surface area contributed by atoms with E-state index in [1.165, 1.54) is 10.2 Å². The lowest BCUT2D eigenvalue weighted by Crippen LogP contribution is -2.11. The summed E-state index contributed by atoms with van der Waals surface area (Å²) < 4.78 is 26.8. The van der Waals surface area contributed by atoms with E-state index in [9.17, 15) is 13.5 Å². The molecule has 0 saturated heterocycles. The molecule has 0 radical (unpaired) electrons. The topological polar surface area (TPSA) is 59.3 Å². The molecule has 1 heterocycles. The lowest BCUT2D eigenvalue weighted by Gasteiger charge is -2.09. The van der Waals surface area contributed by atoms with Gasteiger partial charge in [0.2, 0.25) is 0 Å². The quantitative estimate of drug-likeness (QED) is 0.793. The molecule has 4 nitrogen and oxygen atoms in total. The molecule has 0 amide bonds. The largest absolute Gasteiger partial charge is 0.507 e. The Morgan fingerprint density at radius 1 is 1.04 bits per heavy atom. The summed E-state index contributed by atoms with van der Waals surface area (Å²) in [6.07, 6.45) is 5.07. The molecule has 1 aromatic heterocycles. The van der Waals surface area contributed by atoms with Gasteiger partial charge in [-0.3, -0.25) is 0 Å². The maximum absolute atomic E-state index is 12.8. The van der Waals surface area contributed by atoms with Gasteiger partial charge in [0, 0.05) is 17.1 Å². The highest BCUT2D eigenvalue weighted by Gasteiger charge is 2.20. The number of phenolic OH excluding ortho intramolecular Hbond substituents is 1. The molecule has 0 saturated carbocycles. The molecule has 0 spiro atoms. The van der Waals surface area contributed by atoms with Crippen molar-refractivity contribution in [2.24, 2.45) is 0 Å². The zero-order chi connectivity index (χ0) is 16.6. The van der Waals surface area contributed by atoms with Crippen molar-refractivity contribution in [3.05, 3.63) is 65.9 Å². The summed E-state index contributed by atoms with van der Waals surface area (Å²) in [5, 5.41) is 10.8. The van der Waals surface area contributed by atoms with E-state index in [1.807, 2.05) is 19.9 Å². The summed E-state index contributed by atoms with van der Waals surface area (Å²) in [5.41, 5.74) is 2.11. The van der Waals surface area contributed by atoms with Gasteiger partial charge < -0.3 is 5.11 Å². The van der Waals surface area contributed by atoms with Crippen LogP contribution in [0.25, 0.3) is 17.0 Å². The smallest absolute Gasteiger partial charge is 0.268 e. The Kier molecular flexibility index (Phi) is 3.74. The Balaban J connectivity index is 2.21. The van der Waals surface area contributed by atoms with Crippen LogP contribution in [0.5, 0.6) is 5.75 Å². The Hall–Kier alpha value is -2.53. The first-order valence-electron chi connectivity index (χ1n) is 7.23. The molecule has 0 aliphatic rings. The molecule has 0 fully saturated rings. The first kappa shape index (κ1) is 15.4. The van der Waals surface area contributed by atoms with Crippen molar-refractivity contribution in [3.63, 3.8) is 0 Å². The van der Waals surface area contributed by atoms with Gasteiger partial charge in [0.05, 0.1) is 10.4 Å². The zero-order valence-electron chi connectivity index (χ0n) is 12.9. The average Bonchev–Trinajstić information content (AvgIpc) is 2.96. The van der Waals surface area contributed by atoms with Crippen molar-refractivity contribution in [3.8, 4) is 5.75 Å². The van der Waals surface area contributed by atoms with Gasteiger partial charge in [0.25, 0.3) is 10.0 Å². The summed E-state index contributed by atoms with van der Waals surface area (Å²) >= 11 is 0. The molecule has 5 heteroatoms. The van der Waals surface area contributed by atoms with Crippen molar-refractivity contribution in [2.75, 3.05) is 0 Å². The minimum Gasteiger partial charge on any atom is -0.507 e. The normalized spacial score (nSPS) is 12.3. The molecule has 0 aliphatic carbocycles. The fourth-order valence-corrected chi connectivity index (χ4v) is 3.89. The molecule has 3 rings (SSSR count). The van der Waals surface area contributed by atoms with Gasteiger partial charge in [0.1, 0.15) is 5.75 Å². The minimum absolute atomic E-state index is 0.0819. The predicted octanol–water partition coefficient (Wildman–Crippen LogP) is 3.93. The number of hydrogen-bond donors (Lipinski definition) is 1. The third-order valence-electron chi connectivity index (χ3n) is 3.76. The highest BCUT2D eigenvalue weighted by molar-refractivity contribution is 7.90. The molecule has 0 aliphatic heterocycles. The van der Waals surface area contributed by atoms with E-state index >= 15 is 0 Å². The summed E-state index contributed by atoms with van der Waals surface area (Å²) in [6, 6.07) is 11.7. The van der Waals surface area contributed by atoms with Crippen LogP contribution in [0.3, 0.4) is 0 Å². The number of rotatable bonds is 3. The highest BCUT2D eigenvalue weighted by atomic mass is 32.2. The molecule has 118 valence electrons. The van der Waals surface area contributed by atoms with Crippen molar-refractivity contribution < 1.29 is 13.5 Å². The lowest BCUT2D eigenvalue weighted by atomic mass is 10.1. The monoisotopic (exact) mass is 327 g/mol. The van der Waals surface area contributed by atoms with E-state index in [0.717, 1.165) is 5.56 Å². The van der Waals surface area contributed by atoms with E-state index in [-0.39, 0.29) is 10.6 Å². The maximum atomic E-state index is 12.8. The SMILES string of the molecule is CC=Cc1ccc2c(ccn2S(=O)(=O)c2ccc(C)cc2)c1O. The van der Waals surface area contributed by atoms with Gasteiger partial charge in [-0.15, -0.1) is 0 Å². The summed E-state index contributed by atoms with van der Waals surface area (Å²) in [6.45, 7) is 3.76. The predicted molar refractivity (Wildman–Crippen MR) is 92.1 cm³/mol. The molecule has 23 heavy (non-hydrogen) atoms. The van der Waals surface area contributed by atoms with E-state index in [0.29, 0.717) is 16.5 Å². The number of allylic oxidation sites excluding steroid dienone is 1. The number of aromatic nitrogens is 1. The van der Waals surface area contributed by atoms with Crippen LogP contribution in [0.15, 0.2) is 59.6 Å². The van der Waals surface area contributed by atoms with Crippen LogP contribution in [-0.4, -0.2) is 17.5 Å². The number of phenols is 1. The minimum atomic E-state index is -3.69. The molecule has 2 aromatic carbocycles. The van der Waals surface area contributed by atoms with E-state index < -0.39 is 10.0 Å². The maximum Gasteiger partial charge on any atom is 0.268 e. The summed E-state index contributed by atoms with van der Waals surface area (Å²) in [7, 11) is -3.69. The summed E-state index contributed by atoms with van der Waals surface area (Å²) in [4.78, 5) is 0.220. The van der Waals surface area contributed by atoms with Gasteiger partial charge in [-0.05, 0) is 44.2 Å². The molecular formula is C18H17NO3S. The van der Waals surface area contributed by atoms with Gasteiger partial charge in [0.15, 0.2) is 0 Å². The second kappa shape index (κ2) is 5.59. The average molecular weight is 327 g/mol. The van der Waals surface area contributed by atoms with Crippen molar-refractivity contribution in [1.29, 1.82) is 0 Å². The third kappa shape index (κ3) is 2.53. The fraction of sp³-hybridized carbons (Fsp3) is 0.111. The molecule has 0 unspecified atom stereocenters. The van der Waals surface area contributed by atoms with Crippen LogP contribution < -0.4 is 0 Å². The number of aromatic hydroxyl groups is 1. The van der Waals surface area contributed by atoms with E-state index in [2.05, 4.69) is 0 Å². The molecule has 0 bridgehead atoms. The molecule has 1 N–H and O–H groups in total. The lowest BCUT2D eigenvalue weighted by molar-refractivity contribution is 0.480. The standard InChI is InChI=1S/C18H17NO3S/c1-3-4-14-7-10-17-16(18(14)20)11-12-19(17)23(21,22)15-8-5-13(2)6-9-15/h3-12,20H,1-2H3. The fourth-order valence-electron chi connectivity index (χ4n) is 2.54. The van der Waals surface area contributed by atoms with E-state index in [4.69, 9.17) is 0 Å². The van der Waals surface area contributed by atoms with Crippen molar-refractivity contribution >= 4 is 27.0 Å². The Morgan fingerprint density at radius 3 is 2.39 bits per heavy atom. The first-order valence-corrected chi connectivity index (χ1v) is 8.67. The Morgan fingerprint density at radius 2 is 1.74 bits per heavy atom. The Bertz CT molecular complexity index is 997. The number of nitrogens with zero attached hydrogens (tertiary/aromatic N) is 1. The van der Waals surface area contributed by atoms with Crippen LogP contribution in [-0.2, 0) is 10.0 Å². The highest BCUT2D eigenvalue weighted by Crippen LogP contribution is 2.32. The molecule has 0 atom stereocenters. The number of hydrogen-bond acceptors (Lipinski definition) is 3. The van der Waals surface area contributed by atoms with Crippen LogP contribution in [0, 0.1) is 6.92 Å². The van der Waals surface area contributed by atoms with Crippen molar-refractivity contribution in [1.82, 2.24) is 3.97 Å². The van der Waals surface area contributed by atoms with Gasteiger partial charge in [-0.2, -0.15) is 0 Å². The third-order valence-corrected chi connectivity index (χ3v) is 5.47. The van der Waals surface area contributed by atoms with Crippen LogP contribution in [0.1, 0.15) is 18.1 Å². The Labute approximate surface area is 135 Å². The second-order valence-corrected chi connectivity index (χ2v) is 7.18. The second-order valence-electron chi connectivity index (χ2n) is 5.37. The number of aryl methyl sites for hydroxylation is 1.